The Morgan fingerprint density at radius 3 is 2.16 bits per heavy atom. The van der Waals surface area contributed by atoms with Gasteiger partial charge in [-0.1, -0.05) is 0 Å². The summed E-state index contributed by atoms with van der Waals surface area (Å²) in [5.41, 5.74) is 4.90. The van der Waals surface area contributed by atoms with Crippen LogP contribution in [-0.2, 0) is 15.0 Å². The number of hydrogen-bond donors (Lipinski definition) is 1. The Balaban J connectivity index is 1.60. The van der Waals surface area contributed by atoms with Crippen molar-refractivity contribution in [3.63, 3.8) is 0 Å². The zero-order valence-electron chi connectivity index (χ0n) is 17.9. The Kier molecular flexibility index (Phi) is 4.93. The van der Waals surface area contributed by atoms with Crippen LogP contribution in [0, 0.1) is 0 Å². The third kappa shape index (κ3) is 3.16. The summed E-state index contributed by atoms with van der Waals surface area (Å²) >= 11 is 4.96. The number of amides is 2. The normalized spacial score (nSPS) is 18.5. The van der Waals surface area contributed by atoms with E-state index in [0.29, 0.717) is 0 Å². The number of para-hydroxylation sites is 2. The van der Waals surface area contributed by atoms with Crippen LogP contribution < -0.4 is 10.2 Å². The van der Waals surface area contributed by atoms with Gasteiger partial charge in [-0.3, -0.25) is 0 Å². The van der Waals surface area contributed by atoms with E-state index in [0.717, 1.165) is 9.00 Å². The van der Waals surface area contributed by atoms with Crippen LogP contribution in [-0.4, -0.2) is 43.4 Å². The van der Waals surface area contributed by atoms with Gasteiger partial charge in [0.05, 0.1) is 0 Å². The molecular weight excluding hydrogens is 485 g/mol. The van der Waals surface area contributed by atoms with E-state index in [1.54, 1.807) is 13.1 Å². The van der Waals surface area contributed by atoms with E-state index in [2.05, 4.69) is 78.7 Å². The van der Waals surface area contributed by atoms with Gasteiger partial charge in [-0.25, -0.2) is 0 Å². The average molecular weight is 506 g/mol. The van der Waals surface area contributed by atoms with Crippen LogP contribution in [0.5, 0.6) is 0 Å². The molecule has 2 aliphatic rings. The SMILES string of the molecule is CN1C(=O)/C(=C\c2ccc(N3c4ccccc4C(C)(C)c4ccccc43)[se]2)C(=O)NC1=S. The van der Waals surface area contributed by atoms with Crippen LogP contribution in [0.25, 0.3) is 6.08 Å². The number of anilines is 3. The second-order valence-corrected chi connectivity index (χ2v) is 11.0. The van der Waals surface area contributed by atoms with Gasteiger partial charge in [0.1, 0.15) is 0 Å². The first-order valence-electron chi connectivity index (χ1n) is 10.2. The number of rotatable bonds is 2. The van der Waals surface area contributed by atoms with Crippen LogP contribution in [0.2, 0.25) is 0 Å². The fraction of sp³-hybridized carbons (Fsp3) is 0.160. The Labute approximate surface area is 198 Å². The van der Waals surface area contributed by atoms with E-state index in [4.69, 9.17) is 12.2 Å². The van der Waals surface area contributed by atoms with E-state index in [1.165, 1.54) is 27.4 Å². The van der Waals surface area contributed by atoms with Gasteiger partial charge in [0, 0.05) is 0 Å². The topological polar surface area (TPSA) is 52.7 Å². The van der Waals surface area contributed by atoms with Crippen molar-refractivity contribution in [2.75, 3.05) is 11.9 Å². The molecule has 1 N–H and O–H groups in total. The van der Waals surface area contributed by atoms with Gasteiger partial charge >= 0.3 is 198 Å². The molecular formula is C25H21N3O2SSe. The fourth-order valence-electron chi connectivity index (χ4n) is 4.33. The molecule has 0 bridgehead atoms. The van der Waals surface area contributed by atoms with Crippen molar-refractivity contribution in [3.8, 4) is 0 Å². The number of fused-ring (bicyclic) bond motifs is 2. The fourth-order valence-corrected chi connectivity index (χ4v) is 6.56. The van der Waals surface area contributed by atoms with Crippen molar-refractivity contribution in [2.45, 2.75) is 19.3 Å². The first-order chi connectivity index (χ1) is 15.3. The standard InChI is InChI=1S/C25H21N3O2SSe/c1-25(2)17-8-4-6-10-19(17)28(20-11-7-5-9-18(20)25)21-13-12-15(32-21)14-16-22(29)26-24(31)27(3)23(16)30/h4-14H,1-3H3,(H,26,29,31)/b16-14-. The molecule has 0 saturated carbocycles. The van der Waals surface area contributed by atoms with Crippen molar-refractivity contribution in [3.05, 3.63) is 81.8 Å². The van der Waals surface area contributed by atoms with Gasteiger partial charge < -0.3 is 0 Å². The van der Waals surface area contributed by atoms with Crippen molar-refractivity contribution in [1.29, 1.82) is 0 Å². The summed E-state index contributed by atoms with van der Waals surface area (Å²) in [5, 5.41) is 2.71. The molecule has 1 fully saturated rings. The third-order valence-electron chi connectivity index (χ3n) is 6.06. The molecule has 0 atom stereocenters. The van der Waals surface area contributed by atoms with Gasteiger partial charge in [-0.2, -0.15) is 0 Å². The minimum absolute atomic E-state index is 0.0776. The second-order valence-electron chi connectivity index (χ2n) is 8.35. The van der Waals surface area contributed by atoms with Crippen LogP contribution in [0.3, 0.4) is 0 Å². The number of hydrogen-bond acceptors (Lipinski definition) is 4. The number of benzene rings is 2. The number of nitrogens with zero attached hydrogens (tertiary/aromatic N) is 2. The van der Waals surface area contributed by atoms with Crippen molar-refractivity contribution >= 4 is 65.7 Å². The Hall–Kier alpha value is -2.99. The van der Waals surface area contributed by atoms with E-state index in [1.807, 2.05) is 6.07 Å². The van der Waals surface area contributed by atoms with Crippen molar-refractivity contribution in [1.82, 2.24) is 10.2 Å². The molecule has 3 heterocycles. The molecule has 5 nitrogen and oxygen atoms in total. The van der Waals surface area contributed by atoms with Gasteiger partial charge in [-0.05, 0) is 0 Å². The molecule has 0 radical (unpaired) electrons. The monoisotopic (exact) mass is 507 g/mol. The number of nitrogens with one attached hydrogen (secondary N) is 1. The zero-order chi connectivity index (χ0) is 22.6. The molecule has 7 heteroatoms. The molecule has 1 aromatic heterocycles. The third-order valence-corrected chi connectivity index (χ3v) is 8.57. The quantitative estimate of drug-likeness (QED) is 0.246. The summed E-state index contributed by atoms with van der Waals surface area (Å²) in [4.78, 5) is 28.6. The predicted molar refractivity (Wildman–Crippen MR) is 132 cm³/mol. The number of thiocarbonyl (C=S) groups is 1. The molecule has 32 heavy (non-hydrogen) atoms. The van der Waals surface area contributed by atoms with E-state index >= 15 is 0 Å². The van der Waals surface area contributed by atoms with Crippen LogP contribution in [0.15, 0.2) is 66.2 Å². The molecule has 160 valence electrons. The van der Waals surface area contributed by atoms with Gasteiger partial charge in [0.15, 0.2) is 0 Å². The first kappa shape index (κ1) is 20.9. The maximum absolute atomic E-state index is 12.6. The summed E-state index contributed by atoms with van der Waals surface area (Å²) < 4.78 is 2.12. The molecule has 0 aliphatic carbocycles. The molecule has 3 aromatic rings. The van der Waals surface area contributed by atoms with Crippen LogP contribution in [0.1, 0.15) is 29.4 Å². The molecule has 0 spiro atoms. The Bertz CT molecular complexity index is 1270. The summed E-state index contributed by atoms with van der Waals surface area (Å²) in [6.07, 6.45) is 1.70. The number of likely N-dealkylation sites (N-methyl/N-ethyl adjacent to an activating group) is 1. The molecule has 5 rings (SSSR count). The zero-order valence-corrected chi connectivity index (χ0v) is 20.4. The number of carbonyl (C=O) groups is 2. The van der Waals surface area contributed by atoms with E-state index in [9.17, 15) is 9.59 Å². The molecule has 1 saturated heterocycles. The Morgan fingerprint density at radius 1 is 0.938 bits per heavy atom. The molecule has 0 unspecified atom stereocenters. The predicted octanol–water partition coefficient (Wildman–Crippen LogP) is 4.11. The van der Waals surface area contributed by atoms with Crippen molar-refractivity contribution in [2.24, 2.45) is 0 Å². The summed E-state index contributed by atoms with van der Waals surface area (Å²) in [7, 11) is 1.57. The van der Waals surface area contributed by atoms with Crippen LogP contribution in [0.4, 0.5) is 15.9 Å². The van der Waals surface area contributed by atoms with E-state index in [-0.39, 0.29) is 36.5 Å². The van der Waals surface area contributed by atoms with E-state index < -0.39 is 5.91 Å². The second kappa shape index (κ2) is 7.55. The molecule has 2 aliphatic heterocycles. The summed E-state index contributed by atoms with van der Waals surface area (Å²) in [5.74, 6) is -0.821. The minimum atomic E-state index is -0.446. The average Bonchev–Trinajstić information content (AvgIpc) is 3.24. The molecule has 2 aromatic carbocycles. The van der Waals surface area contributed by atoms with Gasteiger partial charge in [-0.15, -0.1) is 0 Å². The Morgan fingerprint density at radius 2 is 1.53 bits per heavy atom. The van der Waals surface area contributed by atoms with Gasteiger partial charge in [0.25, 0.3) is 0 Å². The summed E-state index contributed by atoms with van der Waals surface area (Å²) in [6.45, 7) is 4.52. The van der Waals surface area contributed by atoms with Crippen molar-refractivity contribution < 1.29 is 9.59 Å². The summed E-state index contributed by atoms with van der Waals surface area (Å²) in [6, 6.07) is 21.1. The van der Waals surface area contributed by atoms with Crippen LogP contribution >= 0.6 is 12.2 Å². The first-order valence-corrected chi connectivity index (χ1v) is 12.3. The van der Waals surface area contributed by atoms with Gasteiger partial charge in [0.2, 0.25) is 0 Å². The molecule has 2 amide bonds. The number of carbonyl (C=O) groups excluding carboxylic acids is 2. The maximum atomic E-state index is 12.6.